The van der Waals surface area contributed by atoms with E-state index in [-0.39, 0.29) is 5.91 Å². The minimum atomic E-state index is -0.0803. The van der Waals surface area contributed by atoms with Crippen LogP contribution in [-0.2, 0) is 6.54 Å². The first-order valence-electron chi connectivity index (χ1n) is 7.68. The molecule has 0 aromatic carbocycles. The second-order valence-electron chi connectivity index (χ2n) is 5.50. The van der Waals surface area contributed by atoms with Gasteiger partial charge in [-0.3, -0.25) is 14.8 Å². The van der Waals surface area contributed by atoms with E-state index in [4.69, 9.17) is 0 Å². The van der Waals surface area contributed by atoms with Crippen LogP contribution in [0.5, 0.6) is 0 Å². The van der Waals surface area contributed by atoms with Crippen molar-refractivity contribution in [2.45, 2.75) is 25.3 Å². The van der Waals surface area contributed by atoms with Crippen LogP contribution in [0.1, 0.15) is 40.5 Å². The van der Waals surface area contributed by atoms with E-state index in [0.717, 1.165) is 37.3 Å². The fourth-order valence-electron chi connectivity index (χ4n) is 2.71. The Hall–Kier alpha value is -2.27. The monoisotopic (exact) mass is 296 g/mol. The summed E-state index contributed by atoms with van der Waals surface area (Å²) in [7, 11) is 0. The average molecular weight is 296 g/mol. The largest absolute Gasteiger partial charge is 0.346 e. The fourth-order valence-corrected chi connectivity index (χ4v) is 2.71. The molecule has 1 aliphatic heterocycles. The zero-order valence-electron chi connectivity index (χ0n) is 12.5. The molecule has 1 fully saturated rings. The van der Waals surface area contributed by atoms with Gasteiger partial charge in [-0.15, -0.1) is 0 Å². The molecule has 3 rings (SSSR count). The molecule has 5 nitrogen and oxygen atoms in total. The number of aromatic nitrogens is 2. The summed E-state index contributed by atoms with van der Waals surface area (Å²) >= 11 is 0. The van der Waals surface area contributed by atoms with E-state index in [1.807, 2.05) is 24.3 Å². The van der Waals surface area contributed by atoms with Crippen LogP contribution in [0.3, 0.4) is 0 Å². The number of carbonyl (C=O) groups is 1. The van der Waals surface area contributed by atoms with Gasteiger partial charge in [-0.1, -0.05) is 6.07 Å². The van der Waals surface area contributed by atoms with E-state index < -0.39 is 0 Å². The molecule has 2 aromatic heterocycles. The lowest BCUT2D eigenvalue weighted by Gasteiger charge is -2.22. The Morgan fingerprint density at radius 1 is 1.18 bits per heavy atom. The van der Waals surface area contributed by atoms with Crippen LogP contribution in [0.15, 0.2) is 42.7 Å². The van der Waals surface area contributed by atoms with Gasteiger partial charge in [0.2, 0.25) is 0 Å². The van der Waals surface area contributed by atoms with Crippen molar-refractivity contribution < 1.29 is 4.79 Å². The Bertz CT molecular complexity index is 624. The summed E-state index contributed by atoms with van der Waals surface area (Å²) in [6.07, 6.45) is 5.61. The van der Waals surface area contributed by atoms with Gasteiger partial charge in [-0.2, -0.15) is 0 Å². The third-order valence-electron chi connectivity index (χ3n) is 3.96. The normalized spacial score (nSPS) is 15.5. The SMILES string of the molecule is O=C(NCc1ccccn1)c1ccnc(C2CCNCC2)c1. The van der Waals surface area contributed by atoms with Crippen LogP contribution >= 0.6 is 0 Å². The van der Waals surface area contributed by atoms with E-state index in [9.17, 15) is 4.79 Å². The molecular formula is C17H20N4O. The average Bonchev–Trinajstić information content (AvgIpc) is 2.61. The van der Waals surface area contributed by atoms with Crippen molar-refractivity contribution in [2.75, 3.05) is 13.1 Å². The van der Waals surface area contributed by atoms with Crippen molar-refractivity contribution >= 4 is 5.91 Å². The molecule has 1 aliphatic rings. The molecule has 114 valence electrons. The minimum absolute atomic E-state index is 0.0803. The summed E-state index contributed by atoms with van der Waals surface area (Å²) in [6, 6.07) is 9.35. The number of nitrogens with zero attached hydrogens (tertiary/aromatic N) is 2. The summed E-state index contributed by atoms with van der Waals surface area (Å²) < 4.78 is 0. The zero-order chi connectivity index (χ0) is 15.2. The number of carbonyl (C=O) groups excluding carboxylic acids is 1. The summed E-state index contributed by atoms with van der Waals surface area (Å²) in [6.45, 7) is 2.47. The predicted octanol–water partition coefficient (Wildman–Crippen LogP) is 1.87. The van der Waals surface area contributed by atoms with E-state index >= 15 is 0 Å². The first kappa shape index (κ1) is 14.7. The van der Waals surface area contributed by atoms with Crippen LogP contribution < -0.4 is 10.6 Å². The van der Waals surface area contributed by atoms with Crippen molar-refractivity contribution in [1.82, 2.24) is 20.6 Å². The maximum Gasteiger partial charge on any atom is 0.251 e. The second-order valence-corrected chi connectivity index (χ2v) is 5.50. The topological polar surface area (TPSA) is 66.9 Å². The number of amides is 1. The highest BCUT2D eigenvalue weighted by molar-refractivity contribution is 5.94. The van der Waals surface area contributed by atoms with Crippen LogP contribution in [0, 0.1) is 0 Å². The minimum Gasteiger partial charge on any atom is -0.346 e. The van der Waals surface area contributed by atoms with Gasteiger partial charge in [0.05, 0.1) is 12.2 Å². The lowest BCUT2D eigenvalue weighted by Crippen LogP contribution is -2.27. The molecule has 2 N–H and O–H groups in total. The highest BCUT2D eigenvalue weighted by Gasteiger charge is 2.17. The standard InChI is InChI=1S/C17H20N4O/c22-17(21-12-15-3-1-2-7-19-15)14-6-10-20-16(11-14)13-4-8-18-9-5-13/h1-3,6-7,10-11,13,18H,4-5,8-9,12H2,(H,21,22). The summed E-state index contributed by atoms with van der Waals surface area (Å²) in [5, 5.41) is 6.25. The van der Waals surface area contributed by atoms with Crippen LogP contribution in [-0.4, -0.2) is 29.0 Å². The van der Waals surface area contributed by atoms with Crippen molar-refractivity contribution in [3.8, 4) is 0 Å². The molecule has 0 saturated carbocycles. The molecule has 1 saturated heterocycles. The Labute approximate surface area is 130 Å². The molecule has 0 bridgehead atoms. The number of nitrogens with one attached hydrogen (secondary N) is 2. The van der Waals surface area contributed by atoms with E-state index in [2.05, 4.69) is 20.6 Å². The quantitative estimate of drug-likeness (QED) is 0.904. The van der Waals surface area contributed by atoms with Gasteiger partial charge in [0.1, 0.15) is 0 Å². The summed E-state index contributed by atoms with van der Waals surface area (Å²) in [4.78, 5) is 20.9. The van der Waals surface area contributed by atoms with Gasteiger partial charge in [0.25, 0.3) is 5.91 Å². The van der Waals surface area contributed by atoms with Gasteiger partial charge in [-0.05, 0) is 50.2 Å². The second kappa shape index (κ2) is 7.13. The molecule has 0 radical (unpaired) electrons. The maximum atomic E-state index is 12.3. The van der Waals surface area contributed by atoms with Gasteiger partial charge in [0, 0.05) is 29.6 Å². The van der Waals surface area contributed by atoms with Gasteiger partial charge >= 0.3 is 0 Å². The lowest BCUT2D eigenvalue weighted by molar-refractivity contribution is 0.0950. The van der Waals surface area contributed by atoms with Crippen molar-refractivity contribution in [1.29, 1.82) is 0 Å². The number of pyridine rings is 2. The van der Waals surface area contributed by atoms with Crippen LogP contribution in [0.25, 0.3) is 0 Å². The Kier molecular flexibility index (Phi) is 4.75. The van der Waals surface area contributed by atoms with Crippen molar-refractivity contribution in [3.63, 3.8) is 0 Å². The molecule has 22 heavy (non-hydrogen) atoms. The van der Waals surface area contributed by atoms with Crippen LogP contribution in [0.4, 0.5) is 0 Å². The van der Waals surface area contributed by atoms with Crippen molar-refractivity contribution in [3.05, 3.63) is 59.7 Å². The Balaban J connectivity index is 1.64. The predicted molar refractivity (Wildman–Crippen MR) is 84.5 cm³/mol. The molecule has 5 heteroatoms. The molecule has 1 amide bonds. The van der Waals surface area contributed by atoms with Crippen LogP contribution in [0.2, 0.25) is 0 Å². The maximum absolute atomic E-state index is 12.3. The van der Waals surface area contributed by atoms with Gasteiger partial charge in [-0.25, -0.2) is 0 Å². The number of hydrogen-bond donors (Lipinski definition) is 2. The molecule has 0 spiro atoms. The van der Waals surface area contributed by atoms with E-state index in [1.54, 1.807) is 18.5 Å². The number of piperidine rings is 1. The molecule has 2 aromatic rings. The first-order chi connectivity index (χ1) is 10.8. The van der Waals surface area contributed by atoms with Gasteiger partial charge < -0.3 is 10.6 Å². The smallest absolute Gasteiger partial charge is 0.251 e. The molecule has 3 heterocycles. The first-order valence-corrected chi connectivity index (χ1v) is 7.68. The third kappa shape index (κ3) is 3.68. The number of rotatable bonds is 4. The summed E-state index contributed by atoms with van der Waals surface area (Å²) in [5.41, 5.74) is 2.54. The van der Waals surface area contributed by atoms with E-state index in [0.29, 0.717) is 18.0 Å². The molecular weight excluding hydrogens is 276 g/mol. The van der Waals surface area contributed by atoms with Gasteiger partial charge in [0.15, 0.2) is 0 Å². The summed E-state index contributed by atoms with van der Waals surface area (Å²) in [5.74, 6) is 0.369. The third-order valence-corrected chi connectivity index (χ3v) is 3.96. The molecule has 0 atom stereocenters. The van der Waals surface area contributed by atoms with E-state index in [1.165, 1.54) is 0 Å². The molecule has 0 unspecified atom stereocenters. The molecule has 0 aliphatic carbocycles. The number of hydrogen-bond acceptors (Lipinski definition) is 4. The lowest BCUT2D eigenvalue weighted by atomic mass is 9.93. The Morgan fingerprint density at radius 2 is 2.05 bits per heavy atom. The fraction of sp³-hybridized carbons (Fsp3) is 0.353. The highest BCUT2D eigenvalue weighted by atomic mass is 16.1. The highest BCUT2D eigenvalue weighted by Crippen LogP contribution is 2.23. The Morgan fingerprint density at radius 3 is 2.82 bits per heavy atom. The van der Waals surface area contributed by atoms with Crippen molar-refractivity contribution in [2.24, 2.45) is 0 Å². The zero-order valence-corrected chi connectivity index (χ0v) is 12.5.